The number of ether oxygens (including phenoxy) is 2. The summed E-state index contributed by atoms with van der Waals surface area (Å²) in [6, 6.07) is 4.50. The predicted octanol–water partition coefficient (Wildman–Crippen LogP) is 1.57. The second-order valence-corrected chi connectivity index (χ2v) is 6.04. The number of sulfonamides is 1. The van der Waals surface area contributed by atoms with E-state index in [0.717, 1.165) is 0 Å². The first-order valence-electron chi connectivity index (χ1n) is 5.84. The topological polar surface area (TPSA) is 84.9 Å². The maximum absolute atomic E-state index is 11.8. The first kappa shape index (κ1) is 15.6. The Balaban J connectivity index is 2.78. The average molecular weight is 289 g/mol. The van der Waals surface area contributed by atoms with Gasteiger partial charge >= 0.3 is 0 Å². The van der Waals surface area contributed by atoms with Crippen LogP contribution in [-0.2, 0) is 14.8 Å². The van der Waals surface area contributed by atoms with E-state index < -0.39 is 10.0 Å². The van der Waals surface area contributed by atoms with Crippen molar-refractivity contribution >= 4 is 15.7 Å². The summed E-state index contributed by atoms with van der Waals surface area (Å²) in [6.45, 7) is 3.74. The van der Waals surface area contributed by atoms with E-state index in [0.29, 0.717) is 0 Å². The van der Waals surface area contributed by atoms with E-state index in [1.54, 1.807) is 12.1 Å². The van der Waals surface area contributed by atoms with Crippen LogP contribution >= 0.6 is 0 Å². The Labute approximate surface area is 113 Å². The fourth-order valence-electron chi connectivity index (χ4n) is 1.39. The van der Waals surface area contributed by atoms with Crippen LogP contribution < -0.4 is 9.46 Å². The van der Waals surface area contributed by atoms with Crippen molar-refractivity contribution in [2.45, 2.75) is 20.0 Å². The van der Waals surface area contributed by atoms with Crippen molar-refractivity contribution in [3.05, 3.63) is 18.2 Å². The molecule has 0 aliphatic carbocycles. The lowest BCUT2D eigenvalue weighted by atomic mass is 10.3. The smallest absolute Gasteiger partial charge is 0.235 e. The van der Waals surface area contributed by atoms with Crippen LogP contribution in [0.1, 0.15) is 13.8 Å². The van der Waals surface area contributed by atoms with Gasteiger partial charge in [0.1, 0.15) is 17.2 Å². The zero-order valence-corrected chi connectivity index (χ0v) is 12.0. The molecule has 1 rings (SSSR count). The summed E-state index contributed by atoms with van der Waals surface area (Å²) in [6.07, 6.45) is -0.0325. The lowest BCUT2D eigenvalue weighted by Gasteiger charge is -2.13. The van der Waals surface area contributed by atoms with Crippen molar-refractivity contribution in [1.29, 1.82) is 0 Å². The molecule has 1 aromatic carbocycles. The van der Waals surface area contributed by atoms with Gasteiger partial charge in [-0.2, -0.15) is 0 Å². The van der Waals surface area contributed by atoms with E-state index in [9.17, 15) is 13.5 Å². The fourth-order valence-corrected chi connectivity index (χ4v) is 2.33. The molecule has 0 aromatic heterocycles. The van der Waals surface area contributed by atoms with E-state index in [1.807, 2.05) is 13.8 Å². The maximum Gasteiger partial charge on any atom is 0.235 e. The minimum Gasteiger partial charge on any atom is -0.506 e. The summed E-state index contributed by atoms with van der Waals surface area (Å²) in [5.41, 5.74) is 0.0366. The Morgan fingerprint density at radius 2 is 2.05 bits per heavy atom. The van der Waals surface area contributed by atoms with E-state index in [4.69, 9.17) is 9.47 Å². The second kappa shape index (κ2) is 6.63. The van der Waals surface area contributed by atoms with Crippen molar-refractivity contribution < 1.29 is 23.0 Å². The summed E-state index contributed by atoms with van der Waals surface area (Å²) in [5, 5.41) is 9.66. The average Bonchev–Trinajstić information content (AvgIpc) is 2.30. The number of benzene rings is 1. The number of phenolic OH excluding ortho intramolecular Hbond substituents is 1. The third-order valence-electron chi connectivity index (χ3n) is 2.28. The van der Waals surface area contributed by atoms with E-state index >= 15 is 0 Å². The molecule has 0 unspecified atom stereocenters. The van der Waals surface area contributed by atoms with Crippen LogP contribution in [-0.4, -0.2) is 39.1 Å². The van der Waals surface area contributed by atoms with Crippen LogP contribution in [0.3, 0.4) is 0 Å². The van der Waals surface area contributed by atoms with Gasteiger partial charge in [-0.15, -0.1) is 0 Å². The molecule has 2 N–H and O–H groups in total. The van der Waals surface area contributed by atoms with Gasteiger partial charge in [-0.05, 0) is 26.0 Å². The largest absolute Gasteiger partial charge is 0.506 e. The standard InChI is InChI=1S/C12H19NO5S/c1-9(2)18-7-8-19(15,16)13-12-10(14)5-4-6-11(12)17-3/h4-6,9,13-14H,7-8H2,1-3H3. The number of hydrogen-bond acceptors (Lipinski definition) is 5. The number of hydrogen-bond donors (Lipinski definition) is 2. The molecule has 6 nitrogen and oxygen atoms in total. The summed E-state index contributed by atoms with van der Waals surface area (Å²) in [7, 11) is -2.20. The molecule has 108 valence electrons. The zero-order chi connectivity index (χ0) is 14.5. The van der Waals surface area contributed by atoms with Gasteiger partial charge in [-0.3, -0.25) is 4.72 Å². The SMILES string of the molecule is COc1cccc(O)c1NS(=O)(=O)CCOC(C)C. The number of para-hydroxylation sites is 1. The Morgan fingerprint density at radius 1 is 1.37 bits per heavy atom. The number of aromatic hydroxyl groups is 1. The van der Waals surface area contributed by atoms with Crippen LogP contribution in [0.15, 0.2) is 18.2 Å². The molecular formula is C12H19NO5S. The molecule has 0 fully saturated rings. The molecule has 0 atom stereocenters. The van der Waals surface area contributed by atoms with Gasteiger partial charge < -0.3 is 14.6 Å². The molecule has 0 heterocycles. The van der Waals surface area contributed by atoms with Crippen molar-refractivity contribution in [2.75, 3.05) is 24.2 Å². The van der Waals surface area contributed by atoms with E-state index in [2.05, 4.69) is 4.72 Å². The molecular weight excluding hydrogens is 270 g/mol. The van der Waals surface area contributed by atoms with Gasteiger partial charge in [0.05, 0.1) is 25.6 Å². The molecule has 1 aromatic rings. The highest BCUT2D eigenvalue weighted by atomic mass is 32.2. The molecule has 0 saturated carbocycles. The first-order chi connectivity index (χ1) is 8.85. The predicted molar refractivity (Wildman–Crippen MR) is 73.2 cm³/mol. The molecule has 7 heteroatoms. The van der Waals surface area contributed by atoms with Crippen LogP contribution in [0.25, 0.3) is 0 Å². The van der Waals surface area contributed by atoms with Gasteiger partial charge in [0.15, 0.2) is 0 Å². The summed E-state index contributed by atoms with van der Waals surface area (Å²) in [5.74, 6) is -0.121. The van der Waals surface area contributed by atoms with Crippen molar-refractivity contribution in [1.82, 2.24) is 0 Å². The van der Waals surface area contributed by atoms with Crippen molar-refractivity contribution in [3.8, 4) is 11.5 Å². The van der Waals surface area contributed by atoms with Crippen LogP contribution in [0.4, 0.5) is 5.69 Å². The molecule has 0 spiro atoms. The van der Waals surface area contributed by atoms with Gasteiger partial charge in [0.2, 0.25) is 10.0 Å². The highest BCUT2D eigenvalue weighted by Crippen LogP contribution is 2.33. The molecule has 0 aliphatic heterocycles. The Hall–Kier alpha value is -1.47. The molecule has 0 saturated heterocycles. The Bertz CT molecular complexity index is 513. The third-order valence-corrected chi connectivity index (χ3v) is 3.50. The van der Waals surface area contributed by atoms with Gasteiger partial charge in [-0.1, -0.05) is 6.07 Å². The molecule has 19 heavy (non-hydrogen) atoms. The highest BCUT2D eigenvalue weighted by molar-refractivity contribution is 7.92. The van der Waals surface area contributed by atoms with Crippen LogP contribution in [0.5, 0.6) is 11.5 Å². The quantitative estimate of drug-likeness (QED) is 0.744. The van der Waals surface area contributed by atoms with Gasteiger partial charge in [0.25, 0.3) is 0 Å². The molecule has 0 amide bonds. The van der Waals surface area contributed by atoms with Gasteiger partial charge in [0, 0.05) is 0 Å². The monoisotopic (exact) mass is 289 g/mol. The van der Waals surface area contributed by atoms with Crippen molar-refractivity contribution in [3.63, 3.8) is 0 Å². The Kier molecular flexibility index (Phi) is 5.44. The molecule has 0 aliphatic rings. The summed E-state index contributed by atoms with van der Waals surface area (Å²) >= 11 is 0. The minimum atomic E-state index is -3.60. The molecule has 0 radical (unpaired) electrons. The fraction of sp³-hybridized carbons (Fsp3) is 0.500. The summed E-state index contributed by atoms with van der Waals surface area (Å²) < 4.78 is 36.2. The van der Waals surface area contributed by atoms with Crippen molar-refractivity contribution in [2.24, 2.45) is 0 Å². The normalized spacial score (nSPS) is 11.6. The number of phenols is 1. The second-order valence-electron chi connectivity index (χ2n) is 4.19. The van der Waals surface area contributed by atoms with E-state index in [1.165, 1.54) is 13.2 Å². The number of nitrogens with one attached hydrogen (secondary N) is 1. The number of anilines is 1. The number of methoxy groups -OCH3 is 1. The lowest BCUT2D eigenvalue weighted by Crippen LogP contribution is -2.21. The lowest BCUT2D eigenvalue weighted by molar-refractivity contribution is 0.0913. The Morgan fingerprint density at radius 3 is 2.63 bits per heavy atom. The summed E-state index contributed by atoms with van der Waals surface area (Å²) in [4.78, 5) is 0. The van der Waals surface area contributed by atoms with Crippen LogP contribution in [0.2, 0.25) is 0 Å². The zero-order valence-electron chi connectivity index (χ0n) is 11.2. The molecule has 0 bridgehead atoms. The number of rotatable bonds is 7. The maximum atomic E-state index is 11.8. The van der Waals surface area contributed by atoms with E-state index in [-0.39, 0.29) is 35.7 Å². The third kappa shape index (κ3) is 4.96. The minimum absolute atomic E-state index is 0.0325. The van der Waals surface area contributed by atoms with Gasteiger partial charge in [-0.25, -0.2) is 8.42 Å². The highest BCUT2D eigenvalue weighted by Gasteiger charge is 2.16. The first-order valence-corrected chi connectivity index (χ1v) is 7.49. The van der Waals surface area contributed by atoms with Crippen LogP contribution in [0, 0.1) is 0 Å².